The molecule has 0 bridgehead atoms. The second-order valence-corrected chi connectivity index (χ2v) is 21.3. The summed E-state index contributed by atoms with van der Waals surface area (Å²) >= 11 is 0. The van der Waals surface area contributed by atoms with E-state index < -0.39 is 135 Å². The van der Waals surface area contributed by atoms with Crippen molar-refractivity contribution in [2.45, 2.75) is 93.6 Å². The van der Waals surface area contributed by atoms with Gasteiger partial charge in [0.2, 0.25) is 11.8 Å². The van der Waals surface area contributed by atoms with Crippen molar-refractivity contribution in [3.8, 4) is 0 Å². The minimum absolute atomic E-state index is 0. The normalized spacial score (nSPS) is 11.9. The van der Waals surface area contributed by atoms with Crippen molar-refractivity contribution in [1.82, 2.24) is 0 Å². The van der Waals surface area contributed by atoms with Crippen molar-refractivity contribution in [3.63, 3.8) is 0 Å². The van der Waals surface area contributed by atoms with E-state index in [2.05, 4.69) is 10.6 Å². The zero-order chi connectivity index (χ0) is 45.2. The summed E-state index contributed by atoms with van der Waals surface area (Å²) in [6, 6.07) is 3.90. The predicted octanol–water partition coefficient (Wildman–Crippen LogP) is -16.1. The molecule has 0 unspecified atom stereocenters. The fraction of sp³-hybridized carbons (Fsp3) is 0.312. The van der Waals surface area contributed by atoms with Crippen LogP contribution in [-0.2, 0) is 70.3 Å². The molecule has 22 nitrogen and oxygen atoms in total. The number of nitrogens with one attached hydrogen (secondary N) is 2. The molecule has 0 aliphatic heterocycles. The van der Waals surface area contributed by atoms with E-state index in [9.17, 15) is 87.4 Å². The molecule has 0 atom stereocenters. The van der Waals surface area contributed by atoms with Crippen LogP contribution in [0.2, 0.25) is 0 Å². The Morgan fingerprint density at radius 2 is 0.576 bits per heavy atom. The summed E-state index contributed by atoms with van der Waals surface area (Å²) in [7, 11) is -32.4. The molecule has 34 heteroatoms. The number of anilines is 2. The summed E-state index contributed by atoms with van der Waals surface area (Å²) < 4.78 is 212. The molecule has 0 spiro atoms. The summed E-state index contributed by atoms with van der Waals surface area (Å²) in [6.07, 6.45) is 3.52. The third kappa shape index (κ3) is 21.0. The Kier molecular flexibility index (Phi) is 31.7. The molecule has 0 radical (unpaired) electrons. The van der Waals surface area contributed by atoms with E-state index in [-0.39, 0.29) is 215 Å². The number of benzene rings is 4. The molecule has 0 heterocycles. The number of unbranched alkanes of at least 4 members (excludes halogenated alkanes) is 7. The van der Waals surface area contributed by atoms with Crippen LogP contribution < -0.4 is 188 Å². The van der Waals surface area contributed by atoms with Gasteiger partial charge in [-0.15, -0.1) is 0 Å². The fourth-order valence-corrected chi connectivity index (χ4v) is 9.85. The first-order valence-electron chi connectivity index (χ1n) is 17.0. The van der Waals surface area contributed by atoms with Crippen LogP contribution >= 0.6 is 0 Å². The molecule has 0 aliphatic rings. The minimum Gasteiger partial charge on any atom is -0.744 e. The monoisotopic (exact) mass is 1090 g/mol. The van der Waals surface area contributed by atoms with Gasteiger partial charge in [-0.3, -0.25) is 9.59 Å². The molecule has 0 fully saturated rings. The van der Waals surface area contributed by atoms with Gasteiger partial charge in [0.15, 0.2) is 0 Å². The topological polar surface area (TPSA) is 401 Å². The molecule has 330 valence electrons. The summed E-state index contributed by atoms with van der Waals surface area (Å²) in [5, 5.41) is 1.97. The molecular formula is C32H30N2Na6O20S6. The van der Waals surface area contributed by atoms with E-state index in [1.165, 1.54) is 0 Å². The van der Waals surface area contributed by atoms with E-state index in [4.69, 9.17) is 0 Å². The number of hydrogen-bond donors (Lipinski definition) is 2. The molecule has 0 saturated carbocycles. The Hall–Kier alpha value is 1.80. The molecule has 0 aliphatic carbocycles. The minimum atomic E-state index is -5.53. The largest absolute Gasteiger partial charge is 1.00 e. The Bertz CT molecular complexity index is 2890. The van der Waals surface area contributed by atoms with E-state index in [0.29, 0.717) is 74.9 Å². The van der Waals surface area contributed by atoms with Gasteiger partial charge in [-0.25, -0.2) is 50.5 Å². The molecule has 0 saturated heterocycles. The Balaban J connectivity index is -0.00000661. The van der Waals surface area contributed by atoms with E-state index >= 15 is 0 Å². The average molecular weight is 1090 g/mol. The second-order valence-electron chi connectivity index (χ2n) is 13.1. The number of hydrogen-bond acceptors (Lipinski definition) is 20. The van der Waals surface area contributed by atoms with Crippen LogP contribution in [0.5, 0.6) is 0 Å². The van der Waals surface area contributed by atoms with Crippen molar-refractivity contribution in [3.05, 3.63) is 48.5 Å². The number of carbonyl (C=O) groups is 2. The molecule has 2 amide bonds. The van der Waals surface area contributed by atoms with Gasteiger partial charge >= 0.3 is 177 Å². The van der Waals surface area contributed by atoms with Crippen LogP contribution in [0.15, 0.2) is 77.9 Å². The Morgan fingerprint density at radius 3 is 0.803 bits per heavy atom. The summed E-state index contributed by atoms with van der Waals surface area (Å²) in [4.78, 5) is 18.5. The molecular weight excluding hydrogens is 1060 g/mol. The first-order chi connectivity index (χ1) is 27.4. The van der Waals surface area contributed by atoms with Gasteiger partial charge in [-0.2, -0.15) is 0 Å². The van der Waals surface area contributed by atoms with E-state index in [1.807, 2.05) is 0 Å². The predicted molar refractivity (Wildman–Crippen MR) is 199 cm³/mol. The maximum absolute atomic E-state index is 12.8. The number of amides is 2. The fourth-order valence-electron chi connectivity index (χ4n) is 6.07. The van der Waals surface area contributed by atoms with Crippen LogP contribution in [0.25, 0.3) is 21.5 Å². The molecule has 4 aromatic carbocycles. The quantitative estimate of drug-likeness (QED) is 0.0500. The van der Waals surface area contributed by atoms with Crippen LogP contribution in [-0.4, -0.2) is 89.6 Å². The van der Waals surface area contributed by atoms with Gasteiger partial charge in [0.1, 0.15) is 60.7 Å². The standard InChI is InChI=1S/C32H36N2O20S6.6Na/c35-29(33-25-15-21(55(37,38)39)11-19-13-23(57(43,44)45)17-27(31(19)25)59(49,50)51)9-7-5-3-1-2-4-6-8-10-30(36)34-26-16-22(56(40,41)42)12-20-14-24(58(46,47)48)18-28(32(20)26)60(52,53)54;;;;;;/h11-18H,1-10H2,(H,33,35)(H,34,36)(H,37,38,39)(H,40,41,42)(H,43,44,45)(H,46,47,48)(H,49,50,51)(H,52,53,54);;;;;;/q;6*+1/p-6. The van der Waals surface area contributed by atoms with Crippen molar-refractivity contribution in [2.75, 3.05) is 10.6 Å². The smallest absolute Gasteiger partial charge is 0.744 e. The van der Waals surface area contributed by atoms with Gasteiger partial charge < -0.3 is 38.0 Å². The SMILES string of the molecule is O=C(CCCCCCCCCCC(=O)Nc1cc(S(=O)(=O)[O-])cc2cc(S(=O)(=O)[O-])cc(S(=O)(=O)[O-])c12)Nc1cc(S(=O)(=O)[O-])cc2cc(S(=O)(=O)[O-])cc(S(=O)(=O)[O-])c12.[Na+].[Na+].[Na+].[Na+].[Na+].[Na+]. The maximum atomic E-state index is 12.8. The van der Waals surface area contributed by atoms with Crippen molar-refractivity contribution >= 4 is 105 Å². The molecule has 66 heavy (non-hydrogen) atoms. The van der Waals surface area contributed by atoms with Gasteiger partial charge in [0, 0.05) is 23.6 Å². The van der Waals surface area contributed by atoms with Gasteiger partial charge in [-0.05, 0) is 72.1 Å². The Labute approximate surface area is 514 Å². The summed E-state index contributed by atoms with van der Waals surface area (Å²) in [5.74, 6) is -1.60. The van der Waals surface area contributed by atoms with E-state index in [1.54, 1.807) is 0 Å². The third-order valence-electron chi connectivity index (χ3n) is 8.72. The van der Waals surface area contributed by atoms with E-state index in [0.717, 1.165) is 0 Å². The van der Waals surface area contributed by atoms with Crippen LogP contribution in [0.3, 0.4) is 0 Å². The summed E-state index contributed by atoms with van der Waals surface area (Å²) in [6.45, 7) is 0. The third-order valence-corrected chi connectivity index (χ3v) is 13.7. The first-order valence-corrected chi connectivity index (χ1v) is 25.4. The second kappa shape index (κ2) is 29.0. The zero-order valence-electron chi connectivity index (χ0n) is 36.3. The average Bonchev–Trinajstić information content (AvgIpc) is 3.08. The molecule has 2 N–H and O–H groups in total. The number of fused-ring (bicyclic) bond motifs is 2. The van der Waals surface area contributed by atoms with Crippen LogP contribution in [0.1, 0.15) is 64.2 Å². The first kappa shape index (κ1) is 72.0. The molecule has 4 aromatic rings. The van der Waals surface area contributed by atoms with Crippen molar-refractivity contribution in [2.24, 2.45) is 0 Å². The molecule has 0 aromatic heterocycles. The number of rotatable bonds is 19. The van der Waals surface area contributed by atoms with Gasteiger partial charge in [-0.1, -0.05) is 38.5 Å². The summed E-state index contributed by atoms with van der Waals surface area (Å²) in [5.41, 5.74) is -1.23. The van der Waals surface area contributed by atoms with Crippen molar-refractivity contribution in [1.29, 1.82) is 0 Å². The van der Waals surface area contributed by atoms with Crippen LogP contribution in [0, 0.1) is 0 Å². The molecule has 4 rings (SSSR count). The maximum Gasteiger partial charge on any atom is 1.00 e. The van der Waals surface area contributed by atoms with Gasteiger partial charge in [0.25, 0.3) is 0 Å². The van der Waals surface area contributed by atoms with Gasteiger partial charge in [0.05, 0.1) is 40.7 Å². The zero-order valence-corrected chi connectivity index (χ0v) is 53.2. The van der Waals surface area contributed by atoms with Crippen LogP contribution in [0.4, 0.5) is 11.4 Å². The van der Waals surface area contributed by atoms with Crippen molar-refractivity contribution < 1.29 is 265 Å². The number of carbonyl (C=O) groups excluding carboxylic acids is 2. The Morgan fingerprint density at radius 1 is 0.348 bits per heavy atom.